The smallest absolute Gasteiger partial charge is 0.194 e. The van der Waals surface area contributed by atoms with Crippen LogP contribution >= 0.6 is 38.5 Å². The van der Waals surface area contributed by atoms with E-state index in [2.05, 4.69) is 44.6 Å². The quantitative estimate of drug-likeness (QED) is 0.504. The Morgan fingerprint density at radius 1 is 1.06 bits per heavy atom. The van der Waals surface area contributed by atoms with Crippen LogP contribution in [0.1, 0.15) is 27.0 Å². The lowest BCUT2D eigenvalue weighted by atomic mass is 9.99. The second-order valence-corrected chi connectivity index (χ2v) is 6.43. The average Bonchev–Trinajstić information content (AvgIpc) is 2.30. The molecule has 2 aromatic rings. The van der Waals surface area contributed by atoms with Crippen molar-refractivity contribution in [3.63, 3.8) is 0 Å². The maximum absolute atomic E-state index is 12.5. The first-order valence-corrected chi connectivity index (χ1v) is 7.42. The maximum atomic E-state index is 12.5. The van der Waals surface area contributed by atoms with Gasteiger partial charge in [0.2, 0.25) is 0 Å². The minimum absolute atomic E-state index is 0.0622. The van der Waals surface area contributed by atoms with Gasteiger partial charge in [-0.15, -0.1) is 0 Å². The molecule has 0 saturated carbocycles. The fourth-order valence-electron chi connectivity index (χ4n) is 1.93. The highest BCUT2D eigenvalue weighted by Gasteiger charge is 2.13. The lowest BCUT2D eigenvalue weighted by molar-refractivity contribution is 0.103. The van der Waals surface area contributed by atoms with E-state index in [1.165, 1.54) is 0 Å². The molecule has 0 bridgehead atoms. The van der Waals surface area contributed by atoms with Crippen molar-refractivity contribution < 1.29 is 4.79 Å². The maximum Gasteiger partial charge on any atom is 0.194 e. The predicted octanol–water partition coefficient (Wildman–Crippen LogP) is 4.90. The van der Waals surface area contributed by atoms with Gasteiger partial charge in [-0.1, -0.05) is 33.1 Å². The summed E-state index contributed by atoms with van der Waals surface area (Å²) < 4.78 is 1.90. The van der Waals surface area contributed by atoms with Crippen molar-refractivity contribution >= 4 is 44.3 Å². The normalized spacial score (nSPS) is 10.4. The molecule has 0 radical (unpaired) electrons. The van der Waals surface area contributed by atoms with Crippen LogP contribution in [-0.4, -0.2) is 5.78 Å². The molecule has 0 fully saturated rings. The van der Waals surface area contributed by atoms with E-state index in [0.717, 1.165) is 24.7 Å². The van der Waals surface area contributed by atoms with E-state index >= 15 is 0 Å². The third kappa shape index (κ3) is 3.01. The summed E-state index contributed by atoms with van der Waals surface area (Å²) in [6.07, 6.45) is 0. The second kappa shape index (κ2) is 5.53. The third-order valence-corrected chi connectivity index (χ3v) is 4.02. The van der Waals surface area contributed by atoms with Crippen LogP contribution in [0.25, 0.3) is 0 Å². The Hall–Kier alpha value is -0.680. The summed E-state index contributed by atoms with van der Waals surface area (Å²) in [6, 6.07) is 11.7. The van der Waals surface area contributed by atoms with Gasteiger partial charge < -0.3 is 0 Å². The van der Waals surface area contributed by atoms with E-state index in [1.54, 1.807) is 0 Å². The minimum atomic E-state index is 0.0622. The summed E-state index contributed by atoms with van der Waals surface area (Å²) in [5, 5.41) is 0. The predicted molar refractivity (Wildman–Crippen MR) is 86.2 cm³/mol. The molecule has 0 saturated heterocycles. The highest BCUT2D eigenvalue weighted by atomic mass is 127. The summed E-state index contributed by atoms with van der Waals surface area (Å²) in [5.74, 6) is 0.0622. The first-order valence-electron chi connectivity index (χ1n) is 5.55. The van der Waals surface area contributed by atoms with Gasteiger partial charge in [0.25, 0.3) is 0 Å². The van der Waals surface area contributed by atoms with E-state index in [0.29, 0.717) is 5.56 Å². The SMILES string of the molecule is Cc1cc(C)cc(C(=O)c2cc(I)ccc2Br)c1. The zero-order chi connectivity index (χ0) is 13.3. The van der Waals surface area contributed by atoms with Gasteiger partial charge in [-0.05, 0) is 66.8 Å². The Kier molecular flexibility index (Phi) is 4.22. The molecule has 0 aliphatic carbocycles. The van der Waals surface area contributed by atoms with E-state index in [1.807, 2.05) is 44.2 Å². The number of carbonyl (C=O) groups is 1. The van der Waals surface area contributed by atoms with Crippen LogP contribution < -0.4 is 0 Å². The van der Waals surface area contributed by atoms with Crippen LogP contribution in [0.4, 0.5) is 0 Å². The van der Waals surface area contributed by atoms with Crippen LogP contribution in [0.2, 0.25) is 0 Å². The Morgan fingerprint density at radius 2 is 1.67 bits per heavy atom. The molecule has 2 aromatic carbocycles. The molecule has 3 heteroatoms. The Bertz CT molecular complexity index is 600. The molecule has 1 nitrogen and oxygen atoms in total. The highest BCUT2D eigenvalue weighted by Crippen LogP contribution is 2.23. The molecule has 0 atom stereocenters. The van der Waals surface area contributed by atoms with Gasteiger partial charge in [-0.25, -0.2) is 0 Å². The Balaban J connectivity index is 2.51. The molecule has 0 spiro atoms. The number of benzene rings is 2. The van der Waals surface area contributed by atoms with E-state index in [9.17, 15) is 4.79 Å². The summed E-state index contributed by atoms with van der Waals surface area (Å²) in [7, 11) is 0. The van der Waals surface area contributed by atoms with E-state index in [-0.39, 0.29) is 5.78 Å². The number of carbonyl (C=O) groups excluding carboxylic acids is 1. The van der Waals surface area contributed by atoms with Crippen LogP contribution in [0.5, 0.6) is 0 Å². The Labute approximate surface area is 129 Å². The van der Waals surface area contributed by atoms with Crippen molar-refractivity contribution in [2.45, 2.75) is 13.8 Å². The van der Waals surface area contributed by atoms with E-state index < -0.39 is 0 Å². The van der Waals surface area contributed by atoms with Crippen molar-refractivity contribution in [2.75, 3.05) is 0 Å². The van der Waals surface area contributed by atoms with Gasteiger partial charge in [-0.3, -0.25) is 4.79 Å². The molecular weight excluding hydrogens is 403 g/mol. The molecule has 0 amide bonds. The number of hydrogen-bond acceptors (Lipinski definition) is 1. The number of aryl methyl sites for hydroxylation is 2. The second-order valence-electron chi connectivity index (χ2n) is 4.33. The average molecular weight is 415 g/mol. The van der Waals surface area contributed by atoms with Gasteiger partial charge in [0.05, 0.1) is 0 Å². The summed E-state index contributed by atoms with van der Waals surface area (Å²) in [6.45, 7) is 4.02. The number of hydrogen-bond donors (Lipinski definition) is 0. The molecule has 18 heavy (non-hydrogen) atoms. The molecule has 0 aromatic heterocycles. The molecule has 2 rings (SSSR count). The molecule has 0 unspecified atom stereocenters. The van der Waals surface area contributed by atoms with Crippen molar-refractivity contribution in [3.8, 4) is 0 Å². The van der Waals surface area contributed by atoms with E-state index in [4.69, 9.17) is 0 Å². The topological polar surface area (TPSA) is 17.1 Å². The molecule has 0 heterocycles. The summed E-state index contributed by atoms with van der Waals surface area (Å²) >= 11 is 5.66. The van der Waals surface area contributed by atoms with Crippen LogP contribution in [0, 0.1) is 17.4 Å². The number of ketones is 1. The summed E-state index contributed by atoms with van der Waals surface area (Å²) in [4.78, 5) is 12.5. The van der Waals surface area contributed by atoms with Crippen LogP contribution in [0.3, 0.4) is 0 Å². The molecule has 0 N–H and O–H groups in total. The first kappa shape index (κ1) is 13.7. The van der Waals surface area contributed by atoms with Gasteiger partial charge in [0, 0.05) is 19.2 Å². The monoisotopic (exact) mass is 414 g/mol. The minimum Gasteiger partial charge on any atom is -0.289 e. The fraction of sp³-hybridized carbons (Fsp3) is 0.133. The van der Waals surface area contributed by atoms with Gasteiger partial charge in [0.15, 0.2) is 5.78 Å². The van der Waals surface area contributed by atoms with Crippen LogP contribution in [0.15, 0.2) is 40.9 Å². The third-order valence-electron chi connectivity index (χ3n) is 2.66. The van der Waals surface area contributed by atoms with Crippen molar-refractivity contribution in [2.24, 2.45) is 0 Å². The summed E-state index contributed by atoms with van der Waals surface area (Å²) in [5.41, 5.74) is 3.68. The highest BCUT2D eigenvalue weighted by molar-refractivity contribution is 14.1. The molecule has 0 aliphatic rings. The van der Waals surface area contributed by atoms with Gasteiger partial charge in [0.1, 0.15) is 0 Å². The Morgan fingerprint density at radius 3 is 2.28 bits per heavy atom. The number of halogens is 2. The molecule has 0 aliphatic heterocycles. The fourth-order valence-corrected chi connectivity index (χ4v) is 2.85. The molecular formula is C15H12BrIO. The van der Waals surface area contributed by atoms with Crippen LogP contribution in [-0.2, 0) is 0 Å². The first-order chi connectivity index (χ1) is 8.47. The number of rotatable bonds is 2. The van der Waals surface area contributed by atoms with Gasteiger partial charge >= 0.3 is 0 Å². The van der Waals surface area contributed by atoms with Crippen molar-refractivity contribution in [1.82, 2.24) is 0 Å². The zero-order valence-corrected chi connectivity index (χ0v) is 13.9. The van der Waals surface area contributed by atoms with Crippen molar-refractivity contribution in [1.29, 1.82) is 0 Å². The largest absolute Gasteiger partial charge is 0.289 e. The van der Waals surface area contributed by atoms with Gasteiger partial charge in [-0.2, -0.15) is 0 Å². The standard InChI is InChI=1S/C15H12BrIO/c1-9-5-10(2)7-11(6-9)15(18)13-8-12(17)3-4-14(13)16/h3-8H,1-2H3. The zero-order valence-electron chi connectivity index (χ0n) is 10.1. The van der Waals surface area contributed by atoms with Crippen molar-refractivity contribution in [3.05, 3.63) is 66.7 Å². The lowest BCUT2D eigenvalue weighted by Crippen LogP contribution is -2.03. The lowest BCUT2D eigenvalue weighted by Gasteiger charge is -2.07. The molecule has 92 valence electrons.